The first-order valence-electron chi connectivity index (χ1n) is 6.05. The van der Waals surface area contributed by atoms with Gasteiger partial charge in [-0.2, -0.15) is 0 Å². The van der Waals surface area contributed by atoms with Crippen molar-refractivity contribution in [2.45, 2.75) is 32.9 Å². The van der Waals surface area contributed by atoms with E-state index in [0.29, 0.717) is 5.56 Å². The van der Waals surface area contributed by atoms with Crippen LogP contribution in [0.1, 0.15) is 32.4 Å². The van der Waals surface area contributed by atoms with Crippen molar-refractivity contribution in [3.8, 4) is 0 Å². The van der Waals surface area contributed by atoms with Gasteiger partial charge in [-0.05, 0) is 18.9 Å². The predicted octanol–water partition coefficient (Wildman–Crippen LogP) is 2.67. The number of ether oxygens (including phenoxy) is 1. The van der Waals surface area contributed by atoms with Crippen LogP contribution in [0.4, 0.5) is 4.39 Å². The third kappa shape index (κ3) is 3.53. The molecule has 3 nitrogen and oxygen atoms in total. The lowest BCUT2D eigenvalue weighted by Crippen LogP contribution is -2.43. The van der Waals surface area contributed by atoms with Gasteiger partial charge in [-0.3, -0.25) is 10.1 Å². The first-order valence-corrected chi connectivity index (χ1v) is 6.05. The lowest BCUT2D eigenvalue weighted by atomic mass is 10.0. The Morgan fingerprint density at radius 3 is 2.39 bits per heavy atom. The first-order chi connectivity index (χ1) is 8.47. The van der Waals surface area contributed by atoms with E-state index in [-0.39, 0.29) is 23.7 Å². The van der Waals surface area contributed by atoms with Gasteiger partial charge in [0.15, 0.2) is 0 Å². The summed E-state index contributed by atoms with van der Waals surface area (Å²) in [4.78, 5) is 11.6. The lowest BCUT2D eigenvalue weighted by molar-refractivity contribution is -0.144. The molecule has 0 bridgehead atoms. The van der Waals surface area contributed by atoms with E-state index in [0.717, 1.165) is 0 Å². The van der Waals surface area contributed by atoms with E-state index in [9.17, 15) is 9.18 Å². The fourth-order valence-electron chi connectivity index (χ4n) is 1.85. The minimum atomic E-state index is -0.440. The Labute approximate surface area is 107 Å². The van der Waals surface area contributed by atoms with E-state index < -0.39 is 6.04 Å². The third-order valence-corrected chi connectivity index (χ3v) is 2.92. The van der Waals surface area contributed by atoms with Crippen LogP contribution in [0.15, 0.2) is 24.3 Å². The molecule has 1 rings (SSSR count). The fraction of sp³-hybridized carbons (Fsp3) is 0.500. The van der Waals surface area contributed by atoms with Crippen LogP contribution in [-0.2, 0) is 9.53 Å². The number of hydrogen-bond acceptors (Lipinski definition) is 3. The average molecular weight is 253 g/mol. The molecule has 0 radical (unpaired) electrons. The quantitative estimate of drug-likeness (QED) is 0.820. The number of carbonyl (C=O) groups is 1. The molecular formula is C14H20FNO2. The van der Waals surface area contributed by atoms with Gasteiger partial charge >= 0.3 is 5.97 Å². The Bertz CT molecular complexity index is 407. The number of esters is 1. The van der Waals surface area contributed by atoms with E-state index in [4.69, 9.17) is 4.74 Å². The summed E-state index contributed by atoms with van der Waals surface area (Å²) < 4.78 is 18.4. The summed E-state index contributed by atoms with van der Waals surface area (Å²) in [6.07, 6.45) is 0. The molecule has 0 aromatic heterocycles. The van der Waals surface area contributed by atoms with E-state index in [1.807, 2.05) is 20.8 Å². The zero-order chi connectivity index (χ0) is 13.7. The van der Waals surface area contributed by atoms with E-state index >= 15 is 0 Å². The molecule has 0 heterocycles. The van der Waals surface area contributed by atoms with Crippen LogP contribution in [0.2, 0.25) is 0 Å². The molecule has 0 saturated heterocycles. The molecule has 0 aliphatic rings. The van der Waals surface area contributed by atoms with Gasteiger partial charge in [-0.15, -0.1) is 0 Å². The van der Waals surface area contributed by atoms with Crippen molar-refractivity contribution in [2.24, 2.45) is 5.92 Å². The van der Waals surface area contributed by atoms with Crippen LogP contribution in [0, 0.1) is 11.7 Å². The molecule has 0 amide bonds. The van der Waals surface area contributed by atoms with Gasteiger partial charge in [0, 0.05) is 11.6 Å². The molecule has 100 valence electrons. The molecule has 0 aliphatic carbocycles. The highest BCUT2D eigenvalue weighted by Gasteiger charge is 2.25. The largest absolute Gasteiger partial charge is 0.468 e. The number of benzene rings is 1. The Morgan fingerprint density at radius 2 is 1.89 bits per heavy atom. The standard InChI is InChI=1S/C14H20FNO2/c1-9(2)13(14(17)18-4)16-10(3)11-7-5-6-8-12(11)15/h5-10,13,16H,1-4H3. The van der Waals surface area contributed by atoms with Crippen LogP contribution in [0.3, 0.4) is 0 Å². The molecule has 0 spiro atoms. The average Bonchev–Trinajstić information content (AvgIpc) is 2.35. The van der Waals surface area contributed by atoms with Gasteiger partial charge in [0.05, 0.1) is 7.11 Å². The van der Waals surface area contributed by atoms with Crippen LogP contribution >= 0.6 is 0 Å². The summed E-state index contributed by atoms with van der Waals surface area (Å²) in [5.74, 6) is -0.523. The van der Waals surface area contributed by atoms with Gasteiger partial charge in [-0.1, -0.05) is 32.0 Å². The molecule has 2 unspecified atom stereocenters. The van der Waals surface area contributed by atoms with Gasteiger partial charge in [0.2, 0.25) is 0 Å². The van der Waals surface area contributed by atoms with Crippen LogP contribution in [0.25, 0.3) is 0 Å². The molecule has 18 heavy (non-hydrogen) atoms. The second-order valence-electron chi connectivity index (χ2n) is 4.65. The Balaban J connectivity index is 2.82. The van der Waals surface area contributed by atoms with Gasteiger partial charge in [0.25, 0.3) is 0 Å². The second-order valence-corrected chi connectivity index (χ2v) is 4.65. The highest BCUT2D eigenvalue weighted by Crippen LogP contribution is 2.18. The predicted molar refractivity (Wildman–Crippen MR) is 68.6 cm³/mol. The molecule has 1 N–H and O–H groups in total. The van der Waals surface area contributed by atoms with Gasteiger partial charge in [-0.25, -0.2) is 4.39 Å². The smallest absolute Gasteiger partial charge is 0.323 e. The minimum Gasteiger partial charge on any atom is -0.468 e. The fourth-order valence-corrected chi connectivity index (χ4v) is 1.85. The number of carbonyl (C=O) groups excluding carboxylic acids is 1. The van der Waals surface area contributed by atoms with Gasteiger partial charge < -0.3 is 4.74 Å². The second kappa shape index (κ2) is 6.50. The molecular weight excluding hydrogens is 233 g/mol. The molecule has 1 aromatic rings. The number of nitrogens with one attached hydrogen (secondary N) is 1. The van der Waals surface area contributed by atoms with Crippen LogP contribution in [-0.4, -0.2) is 19.1 Å². The summed E-state index contributed by atoms with van der Waals surface area (Å²) in [7, 11) is 1.35. The summed E-state index contributed by atoms with van der Waals surface area (Å²) in [6.45, 7) is 5.67. The first kappa shape index (κ1) is 14.6. The van der Waals surface area contributed by atoms with Crippen LogP contribution in [0.5, 0.6) is 0 Å². The van der Waals surface area contributed by atoms with E-state index in [1.165, 1.54) is 13.2 Å². The SMILES string of the molecule is COC(=O)C(NC(C)c1ccccc1F)C(C)C. The summed E-state index contributed by atoms with van der Waals surface area (Å²) >= 11 is 0. The zero-order valence-corrected chi connectivity index (χ0v) is 11.2. The minimum absolute atomic E-state index is 0.0756. The highest BCUT2D eigenvalue weighted by atomic mass is 19.1. The van der Waals surface area contributed by atoms with Gasteiger partial charge in [0.1, 0.15) is 11.9 Å². The number of hydrogen-bond donors (Lipinski definition) is 1. The third-order valence-electron chi connectivity index (χ3n) is 2.92. The Kier molecular flexibility index (Phi) is 5.28. The molecule has 2 atom stereocenters. The molecule has 1 aromatic carbocycles. The Hall–Kier alpha value is -1.42. The van der Waals surface area contributed by atoms with Crippen molar-refractivity contribution in [3.05, 3.63) is 35.6 Å². The topological polar surface area (TPSA) is 38.3 Å². The number of rotatable bonds is 5. The summed E-state index contributed by atoms with van der Waals surface area (Å²) in [5, 5.41) is 3.11. The van der Waals surface area contributed by atoms with Crippen molar-refractivity contribution >= 4 is 5.97 Å². The summed E-state index contributed by atoms with van der Waals surface area (Å²) in [5.41, 5.74) is 0.548. The lowest BCUT2D eigenvalue weighted by Gasteiger charge is -2.24. The van der Waals surface area contributed by atoms with Crippen molar-refractivity contribution in [1.82, 2.24) is 5.32 Å². The molecule has 4 heteroatoms. The summed E-state index contributed by atoms with van der Waals surface area (Å²) in [6, 6.07) is 5.85. The normalized spacial score (nSPS) is 14.3. The monoisotopic (exact) mass is 253 g/mol. The van der Waals surface area contributed by atoms with Crippen LogP contribution < -0.4 is 5.32 Å². The van der Waals surface area contributed by atoms with E-state index in [2.05, 4.69) is 5.32 Å². The molecule has 0 aliphatic heterocycles. The Morgan fingerprint density at radius 1 is 1.28 bits per heavy atom. The maximum Gasteiger partial charge on any atom is 0.323 e. The highest BCUT2D eigenvalue weighted by molar-refractivity contribution is 5.76. The molecule has 0 saturated carbocycles. The maximum atomic E-state index is 13.6. The van der Waals surface area contributed by atoms with Crippen molar-refractivity contribution < 1.29 is 13.9 Å². The zero-order valence-electron chi connectivity index (χ0n) is 11.2. The maximum absolute atomic E-state index is 13.6. The molecule has 0 fully saturated rings. The number of halogens is 1. The van der Waals surface area contributed by atoms with Crippen molar-refractivity contribution in [3.63, 3.8) is 0 Å². The van der Waals surface area contributed by atoms with Crippen molar-refractivity contribution in [1.29, 1.82) is 0 Å². The number of methoxy groups -OCH3 is 1. The van der Waals surface area contributed by atoms with E-state index in [1.54, 1.807) is 18.2 Å². The van der Waals surface area contributed by atoms with Crippen molar-refractivity contribution in [2.75, 3.05) is 7.11 Å².